The monoisotopic (exact) mass is 211 g/mol. The summed E-state index contributed by atoms with van der Waals surface area (Å²) in [6, 6.07) is 3.31. The second kappa shape index (κ2) is 5.19. The van der Waals surface area contributed by atoms with Gasteiger partial charge in [0.15, 0.2) is 11.6 Å². The van der Waals surface area contributed by atoms with E-state index in [1.807, 2.05) is 0 Å². The fourth-order valence-corrected chi connectivity index (χ4v) is 1.15. The third-order valence-electron chi connectivity index (χ3n) is 1.92. The predicted octanol–water partition coefficient (Wildman–Crippen LogP) is 2.18. The molecule has 0 aromatic heterocycles. The number of benzene rings is 1. The highest BCUT2D eigenvalue weighted by Crippen LogP contribution is 2.24. The summed E-state index contributed by atoms with van der Waals surface area (Å²) in [6.07, 6.45) is 0. The van der Waals surface area contributed by atoms with Gasteiger partial charge in [0.2, 0.25) is 0 Å². The van der Waals surface area contributed by atoms with Crippen LogP contribution in [0.4, 0.5) is 4.39 Å². The lowest BCUT2D eigenvalue weighted by Crippen LogP contribution is -2.01. The largest absolute Gasteiger partial charge is 0.494 e. The number of nitrogens with zero attached hydrogens (tertiary/aromatic N) is 3. The molecule has 0 fully saturated rings. The number of hydrogen-bond donors (Lipinski definition) is 1. The van der Waals surface area contributed by atoms with Crippen LogP contribution in [-0.2, 0) is 0 Å². The van der Waals surface area contributed by atoms with Gasteiger partial charge < -0.3 is 9.84 Å². The number of halogens is 1. The highest BCUT2D eigenvalue weighted by Gasteiger charge is 2.11. The van der Waals surface area contributed by atoms with E-state index < -0.39 is 11.9 Å². The molecule has 0 saturated carbocycles. The van der Waals surface area contributed by atoms with Gasteiger partial charge in [0.25, 0.3) is 0 Å². The molecule has 1 atom stereocenters. The van der Waals surface area contributed by atoms with Gasteiger partial charge in [-0.3, -0.25) is 0 Å². The van der Waals surface area contributed by atoms with Crippen molar-refractivity contribution in [1.82, 2.24) is 0 Å². The molecule has 0 amide bonds. The number of azide groups is 1. The van der Waals surface area contributed by atoms with Crippen LogP contribution in [0.25, 0.3) is 10.4 Å². The summed E-state index contributed by atoms with van der Waals surface area (Å²) in [7, 11) is 1.34. The van der Waals surface area contributed by atoms with Crippen molar-refractivity contribution in [3.8, 4) is 5.75 Å². The van der Waals surface area contributed by atoms with Gasteiger partial charge in [-0.1, -0.05) is 11.2 Å². The van der Waals surface area contributed by atoms with Gasteiger partial charge in [-0.2, -0.15) is 0 Å². The maximum absolute atomic E-state index is 13.0. The van der Waals surface area contributed by atoms with Crippen LogP contribution in [0.2, 0.25) is 0 Å². The van der Waals surface area contributed by atoms with Crippen LogP contribution >= 0.6 is 0 Å². The zero-order valence-corrected chi connectivity index (χ0v) is 8.09. The molecule has 0 spiro atoms. The Balaban J connectivity index is 3.08. The van der Waals surface area contributed by atoms with Gasteiger partial charge >= 0.3 is 0 Å². The lowest BCUT2D eigenvalue weighted by molar-refractivity contribution is 0.267. The third kappa shape index (κ3) is 2.59. The van der Waals surface area contributed by atoms with Crippen LogP contribution < -0.4 is 4.74 Å². The first-order chi connectivity index (χ1) is 7.22. The summed E-state index contributed by atoms with van der Waals surface area (Å²) in [5.74, 6) is -0.446. The molecular weight excluding hydrogens is 201 g/mol. The van der Waals surface area contributed by atoms with E-state index in [0.29, 0.717) is 5.56 Å². The summed E-state index contributed by atoms with van der Waals surface area (Å²) in [6.45, 7) is -0.334. The fraction of sp³-hybridized carbons (Fsp3) is 0.333. The number of methoxy groups -OCH3 is 1. The molecular formula is C9H10FN3O2. The van der Waals surface area contributed by atoms with Crippen molar-refractivity contribution in [3.05, 3.63) is 40.0 Å². The molecule has 0 bridgehead atoms. The van der Waals surface area contributed by atoms with Gasteiger partial charge in [0.1, 0.15) is 0 Å². The molecule has 6 heteroatoms. The number of rotatable bonds is 4. The molecule has 80 valence electrons. The highest BCUT2D eigenvalue weighted by atomic mass is 19.1. The molecule has 0 aliphatic rings. The lowest BCUT2D eigenvalue weighted by Gasteiger charge is -2.09. The van der Waals surface area contributed by atoms with E-state index in [4.69, 9.17) is 15.4 Å². The summed E-state index contributed by atoms with van der Waals surface area (Å²) >= 11 is 0. The molecule has 0 saturated heterocycles. The number of hydrogen-bond acceptors (Lipinski definition) is 3. The first-order valence-electron chi connectivity index (χ1n) is 4.21. The Labute approximate surface area is 85.7 Å². The predicted molar refractivity (Wildman–Crippen MR) is 51.9 cm³/mol. The molecule has 0 aliphatic carbocycles. The smallest absolute Gasteiger partial charge is 0.165 e. The fourth-order valence-electron chi connectivity index (χ4n) is 1.15. The molecule has 15 heavy (non-hydrogen) atoms. The minimum absolute atomic E-state index is 0.0547. The summed E-state index contributed by atoms with van der Waals surface area (Å²) in [4.78, 5) is 2.59. The lowest BCUT2D eigenvalue weighted by atomic mass is 10.1. The molecule has 0 aliphatic heterocycles. The van der Waals surface area contributed by atoms with Crippen molar-refractivity contribution in [3.63, 3.8) is 0 Å². The van der Waals surface area contributed by atoms with E-state index in [9.17, 15) is 4.39 Å². The topological polar surface area (TPSA) is 78.2 Å². The van der Waals surface area contributed by atoms with E-state index in [1.54, 1.807) is 0 Å². The Bertz CT molecular complexity index is 391. The van der Waals surface area contributed by atoms with Crippen molar-refractivity contribution in [2.24, 2.45) is 5.11 Å². The maximum atomic E-state index is 13.0. The first-order valence-corrected chi connectivity index (χ1v) is 4.21. The molecule has 1 rings (SSSR count). The van der Waals surface area contributed by atoms with Crippen molar-refractivity contribution in [2.75, 3.05) is 13.7 Å². The van der Waals surface area contributed by atoms with E-state index in [1.165, 1.54) is 25.3 Å². The Kier molecular flexibility index (Phi) is 3.91. The molecule has 1 N–H and O–H groups in total. The standard InChI is InChI=1S/C9H10FN3O2/c1-15-9-4-6(2-3-7(9)10)8(5-14)12-13-11/h2-4,8,14H,5H2,1H3. The Morgan fingerprint density at radius 2 is 2.40 bits per heavy atom. The summed E-state index contributed by atoms with van der Waals surface area (Å²) < 4.78 is 17.8. The molecule has 5 nitrogen and oxygen atoms in total. The Hall–Kier alpha value is -1.78. The zero-order valence-electron chi connectivity index (χ0n) is 8.09. The minimum Gasteiger partial charge on any atom is -0.494 e. The summed E-state index contributed by atoms with van der Waals surface area (Å²) in [5.41, 5.74) is 8.76. The normalized spacial score (nSPS) is 11.7. The average molecular weight is 211 g/mol. The van der Waals surface area contributed by atoms with Gasteiger partial charge in [0, 0.05) is 4.91 Å². The Morgan fingerprint density at radius 1 is 1.67 bits per heavy atom. The van der Waals surface area contributed by atoms with E-state index in [0.717, 1.165) is 0 Å². The zero-order chi connectivity index (χ0) is 11.3. The highest BCUT2D eigenvalue weighted by molar-refractivity contribution is 5.32. The molecule has 1 aromatic rings. The average Bonchev–Trinajstić information content (AvgIpc) is 2.27. The first kappa shape index (κ1) is 11.3. The van der Waals surface area contributed by atoms with Crippen LogP contribution in [-0.4, -0.2) is 18.8 Å². The van der Waals surface area contributed by atoms with Crippen molar-refractivity contribution in [1.29, 1.82) is 0 Å². The Morgan fingerprint density at radius 3 is 2.93 bits per heavy atom. The van der Waals surface area contributed by atoms with Crippen molar-refractivity contribution < 1.29 is 14.2 Å². The van der Waals surface area contributed by atoms with Gasteiger partial charge in [0.05, 0.1) is 19.8 Å². The molecule has 1 unspecified atom stereocenters. The van der Waals surface area contributed by atoms with Gasteiger partial charge in [-0.05, 0) is 23.2 Å². The van der Waals surface area contributed by atoms with Crippen molar-refractivity contribution in [2.45, 2.75) is 6.04 Å². The number of ether oxygens (including phenoxy) is 1. The van der Waals surface area contributed by atoms with Crippen LogP contribution in [0.15, 0.2) is 23.3 Å². The van der Waals surface area contributed by atoms with Crippen LogP contribution in [0.3, 0.4) is 0 Å². The van der Waals surface area contributed by atoms with E-state index >= 15 is 0 Å². The van der Waals surface area contributed by atoms with Gasteiger partial charge in [-0.25, -0.2) is 4.39 Å². The van der Waals surface area contributed by atoms with E-state index in [-0.39, 0.29) is 12.4 Å². The second-order valence-electron chi connectivity index (χ2n) is 2.80. The number of aliphatic hydroxyl groups excluding tert-OH is 1. The number of aliphatic hydroxyl groups is 1. The van der Waals surface area contributed by atoms with E-state index in [2.05, 4.69) is 10.0 Å². The molecule has 1 aromatic carbocycles. The quantitative estimate of drug-likeness (QED) is 0.470. The second-order valence-corrected chi connectivity index (χ2v) is 2.80. The van der Waals surface area contributed by atoms with Crippen LogP contribution in [0.5, 0.6) is 5.75 Å². The molecule has 0 heterocycles. The summed E-state index contributed by atoms with van der Waals surface area (Å²) in [5, 5.41) is 12.3. The molecule has 0 radical (unpaired) electrons. The van der Waals surface area contributed by atoms with Crippen LogP contribution in [0, 0.1) is 5.82 Å². The van der Waals surface area contributed by atoms with Crippen molar-refractivity contribution >= 4 is 0 Å². The van der Waals surface area contributed by atoms with Crippen LogP contribution in [0.1, 0.15) is 11.6 Å². The third-order valence-corrected chi connectivity index (χ3v) is 1.92. The van der Waals surface area contributed by atoms with Gasteiger partial charge in [-0.15, -0.1) is 0 Å². The SMILES string of the molecule is COc1cc(C(CO)N=[N+]=[N-])ccc1F. The maximum Gasteiger partial charge on any atom is 0.165 e. The minimum atomic E-state index is -0.718.